The second-order valence-electron chi connectivity index (χ2n) is 4.62. The molecule has 0 fully saturated rings. The molecule has 0 bridgehead atoms. The van der Waals surface area contributed by atoms with Crippen LogP contribution in [0, 0.1) is 0 Å². The van der Waals surface area contributed by atoms with E-state index in [2.05, 4.69) is 10.4 Å². The number of benzene rings is 1. The van der Waals surface area contributed by atoms with Crippen LogP contribution >= 0.6 is 11.6 Å². The van der Waals surface area contributed by atoms with Crippen molar-refractivity contribution in [1.82, 2.24) is 15.1 Å². The summed E-state index contributed by atoms with van der Waals surface area (Å²) in [6.07, 6.45) is -1.65. The Hall–Kier alpha value is -1.53. The Kier molecular flexibility index (Phi) is 4.90. The smallest absolute Gasteiger partial charge is 0.313 e. The van der Waals surface area contributed by atoms with Crippen molar-refractivity contribution in [2.24, 2.45) is 0 Å². The molecule has 0 aliphatic rings. The van der Waals surface area contributed by atoms with Crippen LogP contribution in [0.4, 0.5) is 13.2 Å². The molecule has 0 saturated heterocycles. The second-order valence-corrected chi connectivity index (χ2v) is 5.06. The first-order valence-corrected chi connectivity index (χ1v) is 6.91. The van der Waals surface area contributed by atoms with Crippen LogP contribution in [-0.4, -0.2) is 16.3 Å². The Bertz CT molecular complexity index is 608. The quantitative estimate of drug-likeness (QED) is 0.843. The normalized spacial score (nSPS) is 11.9. The van der Waals surface area contributed by atoms with Gasteiger partial charge in [-0.15, -0.1) is 0 Å². The van der Waals surface area contributed by atoms with Crippen LogP contribution < -0.4 is 5.32 Å². The highest BCUT2D eigenvalue weighted by Gasteiger charge is 2.32. The van der Waals surface area contributed by atoms with Crippen molar-refractivity contribution >= 4 is 11.6 Å². The van der Waals surface area contributed by atoms with Gasteiger partial charge in [0.1, 0.15) is 0 Å². The fraction of sp³-hybridized carbons (Fsp3) is 0.357. The number of alkyl halides is 3. The molecule has 1 aromatic carbocycles. The molecule has 2 aromatic rings. The molecule has 1 heterocycles. The maximum atomic E-state index is 12.7. The van der Waals surface area contributed by atoms with Gasteiger partial charge in [-0.2, -0.15) is 18.3 Å². The van der Waals surface area contributed by atoms with Gasteiger partial charge in [-0.1, -0.05) is 24.6 Å². The summed E-state index contributed by atoms with van der Waals surface area (Å²) in [7, 11) is 0. The Labute approximate surface area is 125 Å². The molecule has 0 atom stereocenters. The zero-order valence-electron chi connectivity index (χ0n) is 11.4. The van der Waals surface area contributed by atoms with Crippen molar-refractivity contribution in [3.63, 3.8) is 0 Å². The maximum absolute atomic E-state index is 12.7. The highest BCUT2D eigenvalue weighted by molar-refractivity contribution is 6.30. The van der Waals surface area contributed by atoms with Crippen molar-refractivity contribution in [3.05, 3.63) is 46.7 Å². The van der Waals surface area contributed by atoms with Crippen LogP contribution in [0.3, 0.4) is 0 Å². The summed E-state index contributed by atoms with van der Waals surface area (Å²) in [4.78, 5) is 0. The number of nitrogens with zero attached hydrogens (tertiary/aromatic N) is 2. The van der Waals surface area contributed by atoms with Crippen molar-refractivity contribution < 1.29 is 13.2 Å². The van der Waals surface area contributed by atoms with Gasteiger partial charge >= 0.3 is 6.18 Å². The Morgan fingerprint density at radius 2 is 2.10 bits per heavy atom. The highest BCUT2D eigenvalue weighted by Crippen LogP contribution is 2.30. The molecule has 114 valence electrons. The average molecular weight is 318 g/mol. The molecule has 0 aliphatic carbocycles. The summed E-state index contributed by atoms with van der Waals surface area (Å²) in [5.74, 6) is 0. The van der Waals surface area contributed by atoms with E-state index in [-0.39, 0.29) is 0 Å². The minimum atomic E-state index is -4.41. The molecule has 0 spiro atoms. The van der Waals surface area contributed by atoms with E-state index in [1.54, 1.807) is 18.2 Å². The van der Waals surface area contributed by atoms with Crippen LogP contribution in [0.1, 0.15) is 24.5 Å². The van der Waals surface area contributed by atoms with E-state index in [1.807, 2.05) is 6.92 Å². The van der Waals surface area contributed by atoms with Crippen molar-refractivity contribution in [3.8, 4) is 5.69 Å². The van der Waals surface area contributed by atoms with Crippen LogP contribution in [0.15, 0.2) is 30.6 Å². The second kappa shape index (κ2) is 6.49. The van der Waals surface area contributed by atoms with Gasteiger partial charge in [0.2, 0.25) is 0 Å². The van der Waals surface area contributed by atoms with Gasteiger partial charge in [-0.05, 0) is 30.7 Å². The van der Waals surface area contributed by atoms with Crippen LogP contribution in [0.2, 0.25) is 5.02 Å². The molecule has 0 amide bonds. The standard InChI is InChI=1S/C14H15ClF3N3/c1-2-5-19-7-10-3-4-12(15)6-13(10)21-9-11(8-20-21)14(16,17)18/h3-4,6,8-9,19H,2,5,7H2,1H3. The van der Waals surface area contributed by atoms with Gasteiger partial charge in [-0.25, -0.2) is 4.68 Å². The summed E-state index contributed by atoms with van der Waals surface area (Å²) in [6, 6.07) is 5.11. The Balaban J connectivity index is 2.33. The SMILES string of the molecule is CCCNCc1ccc(Cl)cc1-n1cc(C(F)(F)F)cn1. The molecule has 7 heteroatoms. The van der Waals surface area contributed by atoms with Crippen LogP contribution in [0.25, 0.3) is 5.69 Å². The van der Waals surface area contributed by atoms with E-state index in [1.165, 1.54) is 4.68 Å². The molecule has 21 heavy (non-hydrogen) atoms. The predicted octanol–water partition coefficient (Wildman–Crippen LogP) is 4.04. The molecule has 1 aromatic heterocycles. The highest BCUT2D eigenvalue weighted by atomic mass is 35.5. The Morgan fingerprint density at radius 3 is 2.71 bits per heavy atom. The van der Waals surface area contributed by atoms with Gasteiger partial charge in [0.15, 0.2) is 0 Å². The van der Waals surface area contributed by atoms with Gasteiger partial charge in [0.25, 0.3) is 0 Å². The fourth-order valence-electron chi connectivity index (χ4n) is 1.90. The van der Waals surface area contributed by atoms with Crippen molar-refractivity contribution in [2.75, 3.05) is 6.54 Å². The molecular weight excluding hydrogens is 303 g/mol. The molecule has 0 radical (unpaired) electrons. The molecule has 2 rings (SSSR count). The van der Waals surface area contributed by atoms with Crippen LogP contribution in [-0.2, 0) is 12.7 Å². The lowest BCUT2D eigenvalue weighted by Gasteiger charge is -2.11. The van der Waals surface area contributed by atoms with E-state index in [9.17, 15) is 13.2 Å². The largest absolute Gasteiger partial charge is 0.419 e. The molecule has 3 nitrogen and oxygen atoms in total. The third kappa shape index (κ3) is 3.98. The van der Waals surface area contributed by atoms with E-state index >= 15 is 0 Å². The average Bonchev–Trinajstić information content (AvgIpc) is 2.90. The lowest BCUT2D eigenvalue weighted by atomic mass is 10.1. The number of nitrogens with one attached hydrogen (secondary N) is 1. The number of halogens is 4. The number of hydrogen-bond donors (Lipinski definition) is 1. The third-order valence-corrected chi connectivity index (χ3v) is 3.18. The molecule has 1 N–H and O–H groups in total. The van der Waals surface area contributed by atoms with Crippen molar-refractivity contribution in [1.29, 1.82) is 0 Å². The maximum Gasteiger partial charge on any atom is 0.419 e. The van der Waals surface area contributed by atoms with E-state index < -0.39 is 11.7 Å². The summed E-state index contributed by atoms with van der Waals surface area (Å²) in [5.41, 5.74) is 0.598. The minimum Gasteiger partial charge on any atom is -0.313 e. The molecule has 0 saturated carbocycles. The number of aromatic nitrogens is 2. The van der Waals surface area contributed by atoms with Crippen LogP contribution in [0.5, 0.6) is 0 Å². The predicted molar refractivity (Wildman–Crippen MR) is 75.6 cm³/mol. The summed E-state index contributed by atoms with van der Waals surface area (Å²) < 4.78 is 39.2. The first-order chi connectivity index (χ1) is 9.91. The molecule has 0 aliphatic heterocycles. The van der Waals surface area contributed by atoms with E-state index in [0.717, 1.165) is 30.9 Å². The summed E-state index contributed by atoms with van der Waals surface area (Å²) in [6.45, 7) is 3.41. The lowest BCUT2D eigenvalue weighted by molar-refractivity contribution is -0.137. The summed E-state index contributed by atoms with van der Waals surface area (Å²) in [5, 5.41) is 7.46. The molecule has 0 unspecified atom stereocenters. The first kappa shape index (κ1) is 15.9. The van der Waals surface area contributed by atoms with Gasteiger partial charge in [-0.3, -0.25) is 0 Å². The van der Waals surface area contributed by atoms with Gasteiger partial charge in [0.05, 0.1) is 17.4 Å². The van der Waals surface area contributed by atoms with Crippen molar-refractivity contribution in [2.45, 2.75) is 26.1 Å². The zero-order chi connectivity index (χ0) is 15.5. The topological polar surface area (TPSA) is 29.9 Å². The monoisotopic (exact) mass is 317 g/mol. The van der Waals surface area contributed by atoms with Gasteiger partial charge in [0, 0.05) is 17.8 Å². The number of hydrogen-bond acceptors (Lipinski definition) is 2. The van der Waals surface area contributed by atoms with Gasteiger partial charge < -0.3 is 5.32 Å². The van der Waals surface area contributed by atoms with E-state index in [4.69, 9.17) is 11.6 Å². The fourth-order valence-corrected chi connectivity index (χ4v) is 2.07. The zero-order valence-corrected chi connectivity index (χ0v) is 12.2. The lowest BCUT2D eigenvalue weighted by Crippen LogP contribution is -2.15. The third-order valence-electron chi connectivity index (χ3n) is 2.95. The number of rotatable bonds is 5. The Morgan fingerprint density at radius 1 is 1.33 bits per heavy atom. The summed E-state index contributed by atoms with van der Waals surface area (Å²) >= 11 is 5.94. The molecular formula is C14H15ClF3N3. The van der Waals surface area contributed by atoms with E-state index in [0.29, 0.717) is 17.3 Å². The minimum absolute atomic E-state index is 0.452. The first-order valence-electron chi connectivity index (χ1n) is 6.53.